The highest BCUT2D eigenvalue weighted by Crippen LogP contribution is 2.14. The van der Waals surface area contributed by atoms with Crippen LogP contribution in [0.1, 0.15) is 115 Å². The average molecular weight is 435 g/mol. The molecule has 2 N–H and O–H groups in total. The van der Waals surface area contributed by atoms with Crippen molar-refractivity contribution in [2.24, 2.45) is 0 Å². The van der Waals surface area contributed by atoms with Gasteiger partial charge in [-0.25, -0.2) is 0 Å². The average Bonchev–Trinajstić information content (AvgIpc) is 2.76. The van der Waals surface area contributed by atoms with E-state index in [-0.39, 0.29) is 0 Å². The van der Waals surface area contributed by atoms with Gasteiger partial charge in [-0.05, 0) is 43.4 Å². The number of aromatic hydroxyl groups is 1. The van der Waals surface area contributed by atoms with E-state index < -0.39 is 5.97 Å². The summed E-state index contributed by atoms with van der Waals surface area (Å²) in [5.74, 6) is -0.335. The molecule has 0 fully saturated rings. The van der Waals surface area contributed by atoms with E-state index >= 15 is 0 Å². The number of rotatable bonds is 22. The Labute approximate surface area is 190 Å². The molecule has 0 bridgehead atoms. The SMILES string of the molecule is O=C(O)CCCCCCCCCCCCCCCCCOCCCc1ccc(O)cc1. The summed E-state index contributed by atoms with van der Waals surface area (Å²) in [6.07, 6.45) is 21.4. The zero-order chi connectivity index (χ0) is 22.4. The van der Waals surface area contributed by atoms with Crippen molar-refractivity contribution in [2.75, 3.05) is 13.2 Å². The van der Waals surface area contributed by atoms with Crippen LogP contribution >= 0.6 is 0 Å². The summed E-state index contributed by atoms with van der Waals surface area (Å²) in [6, 6.07) is 7.44. The lowest BCUT2D eigenvalue weighted by atomic mass is 10.0. The highest BCUT2D eigenvalue weighted by Gasteiger charge is 1.98. The molecule has 0 aliphatic heterocycles. The number of aryl methyl sites for hydroxylation is 1. The third kappa shape index (κ3) is 18.9. The zero-order valence-electron chi connectivity index (χ0n) is 19.7. The van der Waals surface area contributed by atoms with Gasteiger partial charge in [0.1, 0.15) is 5.75 Å². The summed E-state index contributed by atoms with van der Waals surface area (Å²) in [4.78, 5) is 10.4. The van der Waals surface area contributed by atoms with Crippen LogP contribution < -0.4 is 0 Å². The van der Waals surface area contributed by atoms with Gasteiger partial charge in [0.25, 0.3) is 0 Å². The third-order valence-corrected chi connectivity index (χ3v) is 5.87. The van der Waals surface area contributed by atoms with Crippen molar-refractivity contribution in [3.8, 4) is 5.75 Å². The van der Waals surface area contributed by atoms with Gasteiger partial charge in [0.05, 0.1) is 0 Å². The first-order valence-electron chi connectivity index (χ1n) is 12.8. The minimum atomic E-state index is -0.664. The van der Waals surface area contributed by atoms with E-state index in [1.807, 2.05) is 12.1 Å². The second-order valence-corrected chi connectivity index (χ2v) is 8.83. The molecule has 0 unspecified atom stereocenters. The monoisotopic (exact) mass is 434 g/mol. The number of carbonyl (C=O) groups is 1. The van der Waals surface area contributed by atoms with Gasteiger partial charge < -0.3 is 14.9 Å². The maximum atomic E-state index is 10.4. The fourth-order valence-electron chi connectivity index (χ4n) is 3.92. The highest BCUT2D eigenvalue weighted by atomic mass is 16.5. The second kappa shape index (κ2) is 20.4. The van der Waals surface area contributed by atoms with Crippen molar-refractivity contribution in [1.82, 2.24) is 0 Å². The van der Waals surface area contributed by atoms with Gasteiger partial charge in [0, 0.05) is 19.6 Å². The molecule has 0 aliphatic rings. The Morgan fingerprint density at radius 3 is 1.52 bits per heavy atom. The molecule has 0 aromatic heterocycles. The second-order valence-electron chi connectivity index (χ2n) is 8.83. The first-order chi connectivity index (χ1) is 15.2. The first kappa shape index (κ1) is 27.5. The number of aliphatic carboxylic acids is 1. The molecular weight excluding hydrogens is 388 g/mol. The van der Waals surface area contributed by atoms with Crippen molar-refractivity contribution < 1.29 is 19.7 Å². The zero-order valence-corrected chi connectivity index (χ0v) is 19.7. The molecule has 0 aliphatic carbocycles. The molecule has 1 rings (SSSR count). The number of carboxylic acid groups (broad SMARTS) is 1. The Morgan fingerprint density at radius 1 is 0.613 bits per heavy atom. The maximum Gasteiger partial charge on any atom is 0.303 e. The molecule has 0 saturated carbocycles. The normalized spacial score (nSPS) is 11.1. The van der Waals surface area contributed by atoms with Gasteiger partial charge in [-0.1, -0.05) is 95.6 Å². The summed E-state index contributed by atoms with van der Waals surface area (Å²) in [5.41, 5.74) is 1.26. The van der Waals surface area contributed by atoms with Gasteiger partial charge >= 0.3 is 5.97 Å². The molecule has 0 heterocycles. The van der Waals surface area contributed by atoms with Crippen molar-refractivity contribution in [2.45, 2.75) is 116 Å². The maximum absolute atomic E-state index is 10.4. The van der Waals surface area contributed by atoms with Crippen molar-refractivity contribution in [3.05, 3.63) is 29.8 Å². The van der Waals surface area contributed by atoms with E-state index in [0.717, 1.165) is 38.9 Å². The van der Waals surface area contributed by atoms with Crippen LogP contribution in [0.2, 0.25) is 0 Å². The predicted octanol–water partition coefficient (Wildman–Crippen LogP) is 7.67. The van der Waals surface area contributed by atoms with Crippen molar-refractivity contribution in [1.29, 1.82) is 0 Å². The molecule has 1 aromatic rings. The summed E-state index contributed by atoms with van der Waals surface area (Å²) in [5, 5.41) is 17.9. The minimum Gasteiger partial charge on any atom is -0.508 e. The van der Waals surface area contributed by atoms with Gasteiger partial charge in [0.2, 0.25) is 0 Å². The molecule has 0 spiro atoms. The number of phenolic OH excluding ortho intramolecular Hbond substituents is 1. The van der Waals surface area contributed by atoms with Crippen LogP contribution in [0.3, 0.4) is 0 Å². The lowest BCUT2D eigenvalue weighted by molar-refractivity contribution is -0.137. The summed E-state index contributed by atoms with van der Waals surface area (Å²) in [7, 11) is 0. The molecule has 0 radical (unpaired) electrons. The van der Waals surface area contributed by atoms with Crippen LogP contribution in [0.25, 0.3) is 0 Å². The predicted molar refractivity (Wildman–Crippen MR) is 129 cm³/mol. The van der Waals surface area contributed by atoms with E-state index in [0.29, 0.717) is 12.2 Å². The largest absolute Gasteiger partial charge is 0.508 e. The Bertz CT molecular complexity index is 527. The number of ether oxygens (including phenoxy) is 1. The summed E-state index contributed by atoms with van der Waals surface area (Å²) < 4.78 is 5.73. The lowest BCUT2D eigenvalue weighted by Gasteiger charge is -2.05. The number of hydrogen-bond acceptors (Lipinski definition) is 3. The van der Waals surface area contributed by atoms with E-state index in [1.54, 1.807) is 12.1 Å². The summed E-state index contributed by atoms with van der Waals surface area (Å²) >= 11 is 0. The van der Waals surface area contributed by atoms with E-state index in [2.05, 4.69) is 0 Å². The quantitative estimate of drug-likeness (QED) is 0.184. The van der Waals surface area contributed by atoms with Gasteiger partial charge in [-0.3, -0.25) is 4.79 Å². The van der Waals surface area contributed by atoms with Crippen molar-refractivity contribution >= 4 is 5.97 Å². The van der Waals surface area contributed by atoms with Gasteiger partial charge in [-0.15, -0.1) is 0 Å². The van der Waals surface area contributed by atoms with Crippen LogP contribution in [0.15, 0.2) is 24.3 Å². The summed E-state index contributed by atoms with van der Waals surface area (Å²) in [6.45, 7) is 1.71. The Kier molecular flexibility index (Phi) is 18.0. The number of phenols is 1. The Morgan fingerprint density at radius 2 is 1.03 bits per heavy atom. The number of hydrogen-bond donors (Lipinski definition) is 2. The first-order valence-corrected chi connectivity index (χ1v) is 12.8. The fraction of sp³-hybridized carbons (Fsp3) is 0.741. The van der Waals surface area contributed by atoms with E-state index in [4.69, 9.17) is 9.84 Å². The molecule has 0 saturated heterocycles. The molecule has 0 atom stereocenters. The van der Waals surface area contributed by atoms with Crippen LogP contribution in [-0.4, -0.2) is 29.4 Å². The van der Waals surface area contributed by atoms with Crippen LogP contribution in [-0.2, 0) is 16.0 Å². The van der Waals surface area contributed by atoms with E-state index in [9.17, 15) is 9.90 Å². The van der Waals surface area contributed by atoms with Crippen molar-refractivity contribution in [3.63, 3.8) is 0 Å². The Balaban J connectivity index is 1.69. The third-order valence-electron chi connectivity index (χ3n) is 5.87. The molecule has 31 heavy (non-hydrogen) atoms. The smallest absolute Gasteiger partial charge is 0.303 e. The highest BCUT2D eigenvalue weighted by molar-refractivity contribution is 5.66. The lowest BCUT2D eigenvalue weighted by Crippen LogP contribution is -1.99. The van der Waals surface area contributed by atoms with Crippen LogP contribution in [0.4, 0.5) is 0 Å². The molecule has 178 valence electrons. The van der Waals surface area contributed by atoms with Gasteiger partial charge in [-0.2, -0.15) is 0 Å². The Hall–Kier alpha value is -1.55. The number of unbranched alkanes of at least 4 members (excludes halogenated alkanes) is 14. The molecular formula is C27H46O4. The van der Waals surface area contributed by atoms with Crippen LogP contribution in [0, 0.1) is 0 Å². The topological polar surface area (TPSA) is 66.8 Å². The number of benzene rings is 1. The molecule has 1 aromatic carbocycles. The van der Waals surface area contributed by atoms with E-state index in [1.165, 1.54) is 89.0 Å². The fourth-order valence-corrected chi connectivity index (χ4v) is 3.92. The molecule has 0 amide bonds. The number of carboxylic acids is 1. The molecule has 4 nitrogen and oxygen atoms in total. The minimum absolute atomic E-state index is 0.328. The van der Waals surface area contributed by atoms with Crippen LogP contribution in [0.5, 0.6) is 5.75 Å². The standard InChI is InChI=1S/C27H46O4/c28-26-21-19-25(20-22-26)17-16-24-31-23-15-13-11-9-7-5-3-1-2-4-6-8-10-12-14-18-27(29)30/h19-22,28H,1-18,23-24H2,(H,29,30). The molecule has 4 heteroatoms. The van der Waals surface area contributed by atoms with Gasteiger partial charge in [0.15, 0.2) is 0 Å².